The van der Waals surface area contributed by atoms with E-state index in [1.54, 1.807) is 13.2 Å². The molecule has 0 unspecified atom stereocenters. The average molecular weight is 476 g/mol. The smallest absolute Gasteiger partial charge is 0.293 e. The van der Waals surface area contributed by atoms with Crippen LogP contribution >= 0.6 is 0 Å². The van der Waals surface area contributed by atoms with Gasteiger partial charge in [0.15, 0.2) is 0 Å². The molecular formula is C22H29N5O5S. The van der Waals surface area contributed by atoms with Crippen LogP contribution < -0.4 is 14.5 Å². The van der Waals surface area contributed by atoms with E-state index in [1.807, 2.05) is 36.2 Å². The third-order valence-electron chi connectivity index (χ3n) is 6.30. The Labute approximate surface area is 194 Å². The molecule has 4 rings (SSSR count). The maximum atomic E-state index is 13.1. The number of hydrogen-bond donors (Lipinski definition) is 0. The SMILES string of the molecule is COc1ccc(N2CCN(c3ccc(S(=O)(=O)N4CCN(C)CC4)cc3[N+](=O)[O-])CC2)cc1. The Balaban J connectivity index is 1.51. The topological polar surface area (TPSA) is 99.5 Å². The highest BCUT2D eigenvalue weighted by Gasteiger charge is 2.31. The van der Waals surface area contributed by atoms with E-state index in [-0.39, 0.29) is 10.6 Å². The fourth-order valence-electron chi connectivity index (χ4n) is 4.25. The first kappa shape index (κ1) is 23.3. The predicted molar refractivity (Wildman–Crippen MR) is 127 cm³/mol. The molecule has 2 aliphatic heterocycles. The largest absolute Gasteiger partial charge is 0.497 e. The highest BCUT2D eigenvalue weighted by atomic mass is 32.2. The molecule has 0 saturated carbocycles. The second-order valence-electron chi connectivity index (χ2n) is 8.29. The van der Waals surface area contributed by atoms with Crippen molar-refractivity contribution in [1.29, 1.82) is 0 Å². The van der Waals surface area contributed by atoms with Crippen LogP contribution in [0.15, 0.2) is 47.4 Å². The van der Waals surface area contributed by atoms with E-state index in [1.165, 1.54) is 16.4 Å². The zero-order valence-corrected chi connectivity index (χ0v) is 19.7. The average Bonchev–Trinajstić information content (AvgIpc) is 2.84. The van der Waals surface area contributed by atoms with Gasteiger partial charge >= 0.3 is 0 Å². The van der Waals surface area contributed by atoms with Crippen molar-refractivity contribution >= 4 is 27.1 Å². The Hall–Kier alpha value is -2.89. The van der Waals surface area contributed by atoms with Crippen molar-refractivity contribution in [3.63, 3.8) is 0 Å². The minimum atomic E-state index is -3.77. The zero-order chi connectivity index (χ0) is 23.6. The van der Waals surface area contributed by atoms with Gasteiger partial charge in [-0.3, -0.25) is 10.1 Å². The first-order valence-corrected chi connectivity index (χ1v) is 12.3. The molecule has 2 aromatic rings. The Kier molecular flexibility index (Phi) is 6.73. The first-order chi connectivity index (χ1) is 15.8. The normalized spacial score (nSPS) is 18.4. The second-order valence-corrected chi connectivity index (χ2v) is 10.2. The van der Waals surface area contributed by atoms with Gasteiger partial charge in [-0.25, -0.2) is 8.42 Å². The Morgan fingerprint density at radius 2 is 1.48 bits per heavy atom. The highest BCUT2D eigenvalue weighted by Crippen LogP contribution is 2.33. The van der Waals surface area contributed by atoms with Crippen LogP contribution in [0.1, 0.15) is 0 Å². The lowest BCUT2D eigenvalue weighted by Gasteiger charge is -2.37. The van der Waals surface area contributed by atoms with E-state index >= 15 is 0 Å². The summed E-state index contributed by atoms with van der Waals surface area (Å²) in [5.74, 6) is 0.791. The summed E-state index contributed by atoms with van der Waals surface area (Å²) >= 11 is 0. The number of piperazine rings is 2. The Bertz CT molecular complexity index is 1090. The van der Waals surface area contributed by atoms with Crippen molar-refractivity contribution in [3.05, 3.63) is 52.6 Å². The Morgan fingerprint density at radius 3 is 2.06 bits per heavy atom. The van der Waals surface area contributed by atoms with Crippen LogP contribution in [0.4, 0.5) is 17.1 Å². The van der Waals surface area contributed by atoms with Gasteiger partial charge in [-0.05, 0) is 43.4 Å². The van der Waals surface area contributed by atoms with E-state index in [4.69, 9.17) is 4.74 Å². The van der Waals surface area contributed by atoms with Gasteiger partial charge in [0.1, 0.15) is 11.4 Å². The lowest BCUT2D eigenvalue weighted by Crippen LogP contribution is -2.47. The summed E-state index contributed by atoms with van der Waals surface area (Å²) in [5.41, 5.74) is 1.34. The van der Waals surface area contributed by atoms with Crippen LogP contribution in [0, 0.1) is 10.1 Å². The van der Waals surface area contributed by atoms with E-state index in [2.05, 4.69) is 9.80 Å². The number of rotatable bonds is 6. The number of sulfonamides is 1. The van der Waals surface area contributed by atoms with Gasteiger partial charge in [0.05, 0.1) is 16.9 Å². The molecule has 11 heteroatoms. The number of ether oxygens (including phenoxy) is 1. The van der Waals surface area contributed by atoms with E-state index < -0.39 is 14.9 Å². The third-order valence-corrected chi connectivity index (χ3v) is 8.20. The lowest BCUT2D eigenvalue weighted by atomic mass is 10.2. The van der Waals surface area contributed by atoms with Gasteiger partial charge in [-0.15, -0.1) is 0 Å². The molecule has 0 amide bonds. The highest BCUT2D eigenvalue weighted by molar-refractivity contribution is 7.89. The van der Waals surface area contributed by atoms with Crippen molar-refractivity contribution in [3.8, 4) is 5.75 Å². The molecule has 0 aromatic heterocycles. The summed E-state index contributed by atoms with van der Waals surface area (Å²) in [6.07, 6.45) is 0. The third kappa shape index (κ3) is 4.90. The lowest BCUT2D eigenvalue weighted by molar-refractivity contribution is -0.384. The summed E-state index contributed by atoms with van der Waals surface area (Å²) in [6.45, 7) is 4.61. The van der Waals surface area contributed by atoms with Crippen molar-refractivity contribution in [2.45, 2.75) is 4.90 Å². The Morgan fingerprint density at radius 1 is 0.879 bits per heavy atom. The summed E-state index contributed by atoms with van der Waals surface area (Å²) < 4.78 is 32.7. The van der Waals surface area contributed by atoms with Gasteiger partial charge < -0.3 is 19.4 Å². The summed E-state index contributed by atoms with van der Waals surface area (Å²) in [4.78, 5) is 17.6. The van der Waals surface area contributed by atoms with Crippen molar-refractivity contribution < 1.29 is 18.1 Å². The number of nitrogens with zero attached hydrogens (tertiary/aromatic N) is 5. The molecule has 2 fully saturated rings. The number of likely N-dealkylation sites (N-methyl/N-ethyl adjacent to an activating group) is 1. The van der Waals surface area contributed by atoms with Crippen LogP contribution in [0.5, 0.6) is 5.75 Å². The monoisotopic (exact) mass is 475 g/mol. The van der Waals surface area contributed by atoms with Crippen LogP contribution in [0.25, 0.3) is 0 Å². The molecule has 2 aromatic carbocycles. The molecule has 2 aliphatic rings. The van der Waals surface area contributed by atoms with Gasteiger partial charge in [0.25, 0.3) is 5.69 Å². The molecule has 178 valence electrons. The number of hydrogen-bond acceptors (Lipinski definition) is 8. The maximum absolute atomic E-state index is 13.1. The van der Waals surface area contributed by atoms with E-state index in [0.29, 0.717) is 58.0 Å². The van der Waals surface area contributed by atoms with Gasteiger partial charge in [0.2, 0.25) is 10.0 Å². The summed E-state index contributed by atoms with van der Waals surface area (Å²) in [5, 5.41) is 11.9. The van der Waals surface area contributed by atoms with Crippen molar-refractivity contribution in [2.24, 2.45) is 0 Å². The van der Waals surface area contributed by atoms with E-state index in [9.17, 15) is 18.5 Å². The molecule has 0 aliphatic carbocycles. The number of methoxy groups -OCH3 is 1. The van der Waals surface area contributed by atoms with Crippen LogP contribution in [-0.2, 0) is 10.0 Å². The second kappa shape index (κ2) is 9.54. The molecule has 33 heavy (non-hydrogen) atoms. The minimum absolute atomic E-state index is 0.0284. The molecule has 0 spiro atoms. The first-order valence-electron chi connectivity index (χ1n) is 10.9. The van der Waals surface area contributed by atoms with Crippen molar-refractivity contribution in [2.75, 3.05) is 76.3 Å². The molecule has 10 nitrogen and oxygen atoms in total. The van der Waals surface area contributed by atoms with Gasteiger partial charge in [-0.2, -0.15) is 4.31 Å². The van der Waals surface area contributed by atoms with Crippen LogP contribution in [0.2, 0.25) is 0 Å². The van der Waals surface area contributed by atoms with Crippen LogP contribution in [0.3, 0.4) is 0 Å². The van der Waals surface area contributed by atoms with Crippen molar-refractivity contribution in [1.82, 2.24) is 9.21 Å². The number of nitro benzene ring substituents is 1. The fraction of sp³-hybridized carbons (Fsp3) is 0.455. The molecule has 0 radical (unpaired) electrons. The quantitative estimate of drug-likeness (QED) is 0.461. The predicted octanol–water partition coefficient (Wildman–Crippen LogP) is 1.87. The standard InChI is InChI=1S/C22H29N5O5S/c1-23-9-15-26(16-10-23)33(30,31)20-7-8-21(22(17-20)27(28)29)25-13-11-24(12-14-25)18-3-5-19(32-2)6-4-18/h3-8,17H,9-16H2,1-2H3. The molecule has 2 heterocycles. The molecule has 0 N–H and O–H groups in total. The van der Waals surface area contributed by atoms with E-state index in [0.717, 1.165) is 11.4 Å². The molecule has 2 saturated heterocycles. The van der Waals surface area contributed by atoms with Gasteiger partial charge in [-0.1, -0.05) is 0 Å². The number of anilines is 2. The fourth-order valence-corrected chi connectivity index (χ4v) is 5.70. The number of benzene rings is 2. The molecular weight excluding hydrogens is 446 g/mol. The van der Waals surface area contributed by atoms with Crippen LogP contribution in [-0.4, -0.2) is 89.1 Å². The summed E-state index contributed by atoms with van der Waals surface area (Å²) in [7, 11) is -0.205. The molecule has 0 bridgehead atoms. The minimum Gasteiger partial charge on any atom is -0.497 e. The number of nitro groups is 1. The maximum Gasteiger partial charge on any atom is 0.293 e. The molecule has 0 atom stereocenters. The zero-order valence-electron chi connectivity index (χ0n) is 18.9. The van der Waals surface area contributed by atoms with Gasteiger partial charge in [0, 0.05) is 64.1 Å². The summed E-state index contributed by atoms with van der Waals surface area (Å²) in [6, 6.07) is 12.1.